The minimum atomic E-state index is 0.562. The Hall–Kier alpha value is -3.27. The second kappa shape index (κ2) is 7.77. The van der Waals surface area contributed by atoms with Gasteiger partial charge in [-0.05, 0) is 59.5 Å². The van der Waals surface area contributed by atoms with E-state index in [9.17, 15) is 0 Å². The maximum absolute atomic E-state index is 5.23. The van der Waals surface area contributed by atoms with Gasteiger partial charge in [-0.2, -0.15) is 5.10 Å². The van der Waals surface area contributed by atoms with Crippen LogP contribution in [0.25, 0.3) is 16.6 Å². The van der Waals surface area contributed by atoms with Crippen molar-refractivity contribution in [2.24, 2.45) is 0 Å². The number of fused-ring (bicyclic) bond motifs is 1. The SMILES string of the molecule is COc1ccc(-n2ncc3cc(NCc4ccc(C(C)C)cc4)ccc32)cc1. The quantitative estimate of drug-likeness (QED) is 0.468. The lowest BCUT2D eigenvalue weighted by molar-refractivity contribution is 0.414. The molecule has 0 saturated carbocycles. The maximum atomic E-state index is 5.23. The maximum Gasteiger partial charge on any atom is 0.119 e. The van der Waals surface area contributed by atoms with Gasteiger partial charge in [-0.15, -0.1) is 0 Å². The number of hydrogen-bond acceptors (Lipinski definition) is 3. The van der Waals surface area contributed by atoms with Gasteiger partial charge in [-0.1, -0.05) is 38.1 Å². The minimum Gasteiger partial charge on any atom is -0.497 e. The number of nitrogens with one attached hydrogen (secondary N) is 1. The fourth-order valence-electron chi connectivity index (χ4n) is 3.30. The van der Waals surface area contributed by atoms with Crippen molar-refractivity contribution < 1.29 is 4.74 Å². The van der Waals surface area contributed by atoms with E-state index in [-0.39, 0.29) is 0 Å². The lowest BCUT2D eigenvalue weighted by atomic mass is 10.0. The van der Waals surface area contributed by atoms with Crippen LogP contribution in [0.1, 0.15) is 30.9 Å². The molecular weight excluding hydrogens is 346 g/mol. The van der Waals surface area contributed by atoms with Crippen molar-refractivity contribution in [1.82, 2.24) is 9.78 Å². The highest BCUT2D eigenvalue weighted by atomic mass is 16.5. The van der Waals surface area contributed by atoms with E-state index >= 15 is 0 Å². The molecule has 3 aromatic carbocycles. The van der Waals surface area contributed by atoms with E-state index in [1.807, 2.05) is 35.1 Å². The monoisotopic (exact) mass is 371 g/mol. The Labute approximate surface area is 165 Å². The van der Waals surface area contributed by atoms with Gasteiger partial charge in [0, 0.05) is 17.6 Å². The topological polar surface area (TPSA) is 39.1 Å². The van der Waals surface area contributed by atoms with Crippen LogP contribution >= 0.6 is 0 Å². The molecule has 0 fully saturated rings. The molecule has 4 nitrogen and oxygen atoms in total. The fourth-order valence-corrected chi connectivity index (χ4v) is 3.30. The first kappa shape index (κ1) is 18.1. The van der Waals surface area contributed by atoms with Gasteiger partial charge in [-0.25, -0.2) is 4.68 Å². The predicted molar refractivity (Wildman–Crippen MR) is 115 cm³/mol. The summed E-state index contributed by atoms with van der Waals surface area (Å²) in [5, 5.41) is 9.17. The van der Waals surface area contributed by atoms with Gasteiger partial charge in [0.2, 0.25) is 0 Å². The Morgan fingerprint density at radius 3 is 2.39 bits per heavy atom. The molecule has 1 aromatic heterocycles. The number of benzene rings is 3. The summed E-state index contributed by atoms with van der Waals surface area (Å²) in [4.78, 5) is 0. The van der Waals surface area contributed by atoms with Crippen LogP contribution in [0.5, 0.6) is 5.75 Å². The molecule has 0 spiro atoms. The molecule has 4 rings (SSSR count). The van der Waals surface area contributed by atoms with Crippen LogP contribution in [-0.4, -0.2) is 16.9 Å². The first-order valence-corrected chi connectivity index (χ1v) is 9.59. The molecule has 4 heteroatoms. The van der Waals surface area contributed by atoms with Gasteiger partial charge in [-0.3, -0.25) is 0 Å². The van der Waals surface area contributed by atoms with E-state index in [1.54, 1.807) is 7.11 Å². The van der Waals surface area contributed by atoms with Crippen LogP contribution in [-0.2, 0) is 6.54 Å². The first-order valence-electron chi connectivity index (χ1n) is 9.59. The summed E-state index contributed by atoms with van der Waals surface area (Å²) in [5.41, 5.74) is 5.84. The minimum absolute atomic E-state index is 0.562. The normalized spacial score (nSPS) is 11.1. The van der Waals surface area contributed by atoms with Crippen molar-refractivity contribution in [1.29, 1.82) is 0 Å². The molecule has 28 heavy (non-hydrogen) atoms. The number of anilines is 1. The molecule has 0 aliphatic carbocycles. The number of methoxy groups -OCH3 is 1. The first-order chi connectivity index (χ1) is 13.6. The van der Waals surface area contributed by atoms with Crippen LogP contribution < -0.4 is 10.1 Å². The Morgan fingerprint density at radius 1 is 0.964 bits per heavy atom. The fraction of sp³-hybridized carbons (Fsp3) is 0.208. The highest BCUT2D eigenvalue weighted by Gasteiger charge is 2.06. The van der Waals surface area contributed by atoms with Gasteiger partial charge in [0.25, 0.3) is 0 Å². The molecule has 0 aliphatic rings. The third-order valence-electron chi connectivity index (χ3n) is 5.03. The Bertz CT molecular complexity index is 1060. The van der Waals surface area contributed by atoms with Crippen LogP contribution in [0.15, 0.2) is 72.9 Å². The zero-order chi connectivity index (χ0) is 19.5. The summed E-state index contributed by atoms with van der Waals surface area (Å²) < 4.78 is 7.18. The molecule has 1 N–H and O–H groups in total. The van der Waals surface area contributed by atoms with E-state index < -0.39 is 0 Å². The molecule has 4 aromatic rings. The van der Waals surface area contributed by atoms with Gasteiger partial charge in [0.15, 0.2) is 0 Å². The Balaban J connectivity index is 1.50. The average Bonchev–Trinajstić information content (AvgIpc) is 3.16. The standard InChI is InChI=1S/C24H25N3O/c1-17(2)19-6-4-18(5-7-19)15-25-21-8-13-24-20(14-21)16-26-27(24)22-9-11-23(28-3)12-10-22/h4-14,16-17,25H,15H2,1-3H3. The zero-order valence-electron chi connectivity index (χ0n) is 16.5. The van der Waals surface area contributed by atoms with E-state index in [1.165, 1.54) is 11.1 Å². The second-order valence-electron chi connectivity index (χ2n) is 7.28. The van der Waals surface area contributed by atoms with Crippen LogP contribution in [0, 0.1) is 0 Å². The van der Waals surface area contributed by atoms with Crippen LogP contribution in [0.3, 0.4) is 0 Å². The van der Waals surface area contributed by atoms with Gasteiger partial charge < -0.3 is 10.1 Å². The largest absolute Gasteiger partial charge is 0.497 e. The van der Waals surface area contributed by atoms with E-state index in [4.69, 9.17) is 4.74 Å². The molecule has 142 valence electrons. The van der Waals surface area contributed by atoms with Crippen molar-refractivity contribution in [3.8, 4) is 11.4 Å². The summed E-state index contributed by atoms with van der Waals surface area (Å²) in [6, 6.07) is 23.1. The Kier molecular flexibility index (Phi) is 5.02. The third kappa shape index (κ3) is 3.72. The summed E-state index contributed by atoms with van der Waals surface area (Å²) in [5.74, 6) is 1.40. The van der Waals surface area contributed by atoms with Crippen molar-refractivity contribution in [3.05, 3.63) is 84.1 Å². The molecule has 0 amide bonds. The summed E-state index contributed by atoms with van der Waals surface area (Å²) in [7, 11) is 1.67. The van der Waals surface area contributed by atoms with Crippen molar-refractivity contribution in [2.75, 3.05) is 12.4 Å². The van der Waals surface area contributed by atoms with Gasteiger partial charge >= 0.3 is 0 Å². The molecule has 0 aliphatic heterocycles. The number of nitrogens with zero attached hydrogens (tertiary/aromatic N) is 2. The highest BCUT2D eigenvalue weighted by molar-refractivity contribution is 5.83. The summed E-state index contributed by atoms with van der Waals surface area (Å²) in [6.45, 7) is 5.24. The lowest BCUT2D eigenvalue weighted by Gasteiger charge is -2.10. The van der Waals surface area contributed by atoms with Crippen LogP contribution in [0.4, 0.5) is 5.69 Å². The molecule has 0 unspecified atom stereocenters. The molecule has 0 radical (unpaired) electrons. The average molecular weight is 371 g/mol. The summed E-state index contributed by atoms with van der Waals surface area (Å²) in [6.07, 6.45) is 1.90. The van der Waals surface area contributed by atoms with Crippen molar-refractivity contribution in [3.63, 3.8) is 0 Å². The molecule has 0 saturated heterocycles. The lowest BCUT2D eigenvalue weighted by Crippen LogP contribution is -2.00. The van der Waals surface area contributed by atoms with E-state index in [2.05, 4.69) is 66.7 Å². The number of hydrogen-bond donors (Lipinski definition) is 1. The second-order valence-corrected chi connectivity index (χ2v) is 7.28. The molecule has 0 atom stereocenters. The van der Waals surface area contributed by atoms with Crippen LogP contribution in [0.2, 0.25) is 0 Å². The summed E-state index contributed by atoms with van der Waals surface area (Å²) >= 11 is 0. The Morgan fingerprint density at radius 2 is 1.71 bits per heavy atom. The molecule has 1 heterocycles. The number of aromatic nitrogens is 2. The highest BCUT2D eigenvalue weighted by Crippen LogP contribution is 2.24. The molecule has 0 bridgehead atoms. The third-order valence-corrected chi connectivity index (χ3v) is 5.03. The zero-order valence-corrected chi connectivity index (χ0v) is 16.5. The predicted octanol–water partition coefficient (Wildman–Crippen LogP) is 5.77. The molecular formula is C24H25N3O. The van der Waals surface area contributed by atoms with E-state index in [0.717, 1.165) is 34.6 Å². The van der Waals surface area contributed by atoms with Gasteiger partial charge in [0.1, 0.15) is 5.75 Å². The van der Waals surface area contributed by atoms with E-state index in [0.29, 0.717) is 5.92 Å². The number of rotatable bonds is 6. The number of ether oxygens (including phenoxy) is 1. The van der Waals surface area contributed by atoms with Gasteiger partial charge in [0.05, 0.1) is 24.5 Å². The smallest absolute Gasteiger partial charge is 0.119 e. The van der Waals surface area contributed by atoms with Crippen molar-refractivity contribution in [2.45, 2.75) is 26.3 Å². The van der Waals surface area contributed by atoms with Crippen molar-refractivity contribution >= 4 is 16.6 Å².